The zero-order valence-corrected chi connectivity index (χ0v) is 11.5. The molecule has 1 aliphatic heterocycles. The van der Waals surface area contributed by atoms with E-state index < -0.39 is 16.6 Å². The van der Waals surface area contributed by atoms with Crippen LogP contribution in [-0.4, -0.2) is 23.2 Å². The summed E-state index contributed by atoms with van der Waals surface area (Å²) < 4.78 is 0. The van der Waals surface area contributed by atoms with Crippen molar-refractivity contribution in [3.63, 3.8) is 0 Å². The molecule has 0 saturated carbocycles. The summed E-state index contributed by atoms with van der Waals surface area (Å²) in [5.41, 5.74) is 0.440. The Hall–Kier alpha value is -2.24. The van der Waals surface area contributed by atoms with Crippen LogP contribution in [0.2, 0.25) is 0 Å². The third kappa shape index (κ3) is 2.41. The molecule has 6 nitrogen and oxygen atoms in total. The molecule has 106 valence electrons. The van der Waals surface area contributed by atoms with Crippen LogP contribution in [-0.2, 0) is 4.79 Å². The highest BCUT2D eigenvalue weighted by Crippen LogP contribution is 2.32. The van der Waals surface area contributed by atoms with Crippen molar-refractivity contribution in [3.8, 4) is 0 Å². The lowest BCUT2D eigenvalue weighted by Gasteiger charge is -2.20. The average molecular weight is 276 g/mol. The second kappa shape index (κ2) is 5.40. The Kier molecular flexibility index (Phi) is 3.83. The number of hydrogen-bond donors (Lipinski definition) is 0. The van der Waals surface area contributed by atoms with E-state index in [4.69, 9.17) is 0 Å². The lowest BCUT2D eigenvalue weighted by molar-refractivity contribution is -0.384. The van der Waals surface area contributed by atoms with Gasteiger partial charge in [0.05, 0.1) is 16.2 Å². The van der Waals surface area contributed by atoms with Crippen molar-refractivity contribution in [1.82, 2.24) is 0 Å². The predicted molar refractivity (Wildman–Crippen MR) is 73.9 cm³/mol. The van der Waals surface area contributed by atoms with Gasteiger partial charge in [-0.15, -0.1) is 0 Å². The number of benzene rings is 1. The lowest BCUT2D eigenvalue weighted by Crippen LogP contribution is -2.33. The summed E-state index contributed by atoms with van der Waals surface area (Å²) in [5, 5.41) is 10.7. The quantitative estimate of drug-likeness (QED) is 0.470. The highest BCUT2D eigenvalue weighted by molar-refractivity contribution is 6.52. The number of hydrogen-bond acceptors (Lipinski definition) is 4. The molecular formula is C14H16N2O4. The van der Waals surface area contributed by atoms with Crippen molar-refractivity contribution in [1.29, 1.82) is 0 Å². The summed E-state index contributed by atoms with van der Waals surface area (Å²) in [6.07, 6.45) is 1.96. The van der Waals surface area contributed by atoms with Crippen molar-refractivity contribution in [2.75, 3.05) is 11.4 Å². The number of fused-ring (bicyclic) bond motifs is 1. The van der Waals surface area contributed by atoms with Crippen molar-refractivity contribution < 1.29 is 14.5 Å². The first kappa shape index (κ1) is 14.2. The molecule has 1 aromatic carbocycles. The van der Waals surface area contributed by atoms with Gasteiger partial charge in [0, 0.05) is 18.7 Å². The van der Waals surface area contributed by atoms with Crippen LogP contribution in [0.1, 0.15) is 37.0 Å². The van der Waals surface area contributed by atoms with Crippen molar-refractivity contribution >= 4 is 23.1 Å². The van der Waals surface area contributed by atoms with E-state index in [1.165, 1.54) is 23.1 Å². The van der Waals surface area contributed by atoms with E-state index in [0.29, 0.717) is 12.2 Å². The number of non-ortho nitro benzene ring substituents is 1. The van der Waals surface area contributed by atoms with Gasteiger partial charge in [-0.05, 0) is 18.4 Å². The first-order valence-corrected chi connectivity index (χ1v) is 6.60. The van der Waals surface area contributed by atoms with E-state index in [0.717, 1.165) is 12.8 Å². The van der Waals surface area contributed by atoms with E-state index in [1.54, 1.807) is 0 Å². The topological polar surface area (TPSA) is 80.5 Å². The molecule has 1 aromatic rings. The Bertz CT molecular complexity index is 583. The van der Waals surface area contributed by atoms with Crippen molar-refractivity contribution in [3.05, 3.63) is 33.9 Å². The summed E-state index contributed by atoms with van der Waals surface area (Å²) in [7, 11) is 0. The molecule has 0 fully saturated rings. The number of amides is 1. The van der Waals surface area contributed by atoms with Gasteiger partial charge in [0.15, 0.2) is 0 Å². The van der Waals surface area contributed by atoms with Crippen molar-refractivity contribution in [2.24, 2.45) is 5.92 Å². The molecule has 0 saturated heterocycles. The third-order valence-electron chi connectivity index (χ3n) is 3.44. The van der Waals surface area contributed by atoms with E-state index in [9.17, 15) is 19.7 Å². The number of nitrogens with zero attached hydrogens (tertiary/aromatic N) is 2. The Balaban J connectivity index is 2.33. The fourth-order valence-electron chi connectivity index (χ4n) is 2.48. The third-order valence-corrected chi connectivity index (χ3v) is 3.44. The van der Waals surface area contributed by atoms with Crippen LogP contribution in [0.15, 0.2) is 18.2 Å². The van der Waals surface area contributed by atoms with E-state index >= 15 is 0 Å². The zero-order chi connectivity index (χ0) is 14.9. The van der Waals surface area contributed by atoms with Gasteiger partial charge >= 0.3 is 0 Å². The number of nitro benzene ring substituents is 1. The highest BCUT2D eigenvalue weighted by atomic mass is 16.6. The van der Waals surface area contributed by atoms with Gasteiger partial charge in [-0.2, -0.15) is 0 Å². The average Bonchev–Trinajstić information content (AvgIpc) is 2.64. The molecule has 1 aliphatic rings. The molecule has 6 heteroatoms. The number of nitro groups is 1. The first-order valence-electron chi connectivity index (χ1n) is 6.60. The number of carbonyl (C=O) groups is 2. The van der Waals surface area contributed by atoms with Gasteiger partial charge in [-0.1, -0.05) is 20.3 Å². The van der Waals surface area contributed by atoms with Crippen LogP contribution < -0.4 is 4.90 Å². The second-order valence-corrected chi connectivity index (χ2v) is 5.10. The number of Topliss-reactive ketones (excluding diaryl/α,β-unsaturated/α-hetero) is 1. The van der Waals surface area contributed by atoms with E-state index in [2.05, 4.69) is 6.92 Å². The molecule has 0 spiro atoms. The Labute approximate surface area is 116 Å². The molecular weight excluding hydrogens is 260 g/mol. The Morgan fingerprint density at radius 2 is 2.05 bits per heavy atom. The van der Waals surface area contributed by atoms with Crippen LogP contribution in [0.3, 0.4) is 0 Å². The van der Waals surface area contributed by atoms with Gasteiger partial charge in [-0.25, -0.2) is 0 Å². The molecule has 1 heterocycles. The van der Waals surface area contributed by atoms with Gasteiger partial charge in [0.25, 0.3) is 17.4 Å². The number of carbonyl (C=O) groups excluding carboxylic acids is 2. The summed E-state index contributed by atoms with van der Waals surface area (Å²) in [4.78, 5) is 35.5. The maximum atomic E-state index is 12.0. The maximum Gasteiger partial charge on any atom is 0.299 e. The van der Waals surface area contributed by atoms with Crippen LogP contribution in [0.25, 0.3) is 0 Å². The predicted octanol–water partition coefficient (Wildman–Crippen LogP) is 2.56. The van der Waals surface area contributed by atoms with E-state index in [1.807, 2.05) is 6.92 Å². The second-order valence-electron chi connectivity index (χ2n) is 5.10. The zero-order valence-electron chi connectivity index (χ0n) is 11.5. The minimum absolute atomic E-state index is 0.132. The first-order chi connectivity index (χ1) is 9.45. The SMILES string of the molecule is CCCC(C)CN1C(=O)C(=O)c2cc([N+](=O)[O-])ccc21. The van der Waals surface area contributed by atoms with Crippen LogP contribution >= 0.6 is 0 Å². The van der Waals surface area contributed by atoms with Crippen LogP contribution in [0.4, 0.5) is 11.4 Å². The van der Waals surface area contributed by atoms with Gasteiger partial charge in [-0.3, -0.25) is 19.7 Å². The molecule has 2 rings (SSSR count). The van der Waals surface area contributed by atoms with Gasteiger partial charge in [0.2, 0.25) is 0 Å². The molecule has 1 amide bonds. The summed E-state index contributed by atoms with van der Waals surface area (Å²) in [6.45, 7) is 4.54. The number of rotatable bonds is 5. The normalized spacial score (nSPS) is 15.4. The molecule has 20 heavy (non-hydrogen) atoms. The monoisotopic (exact) mass is 276 g/mol. The molecule has 0 radical (unpaired) electrons. The smallest absolute Gasteiger partial charge is 0.299 e. The summed E-state index contributed by atoms with van der Waals surface area (Å²) in [6, 6.07) is 3.98. The van der Waals surface area contributed by atoms with E-state index in [-0.39, 0.29) is 17.2 Å². The highest BCUT2D eigenvalue weighted by Gasteiger charge is 2.37. The van der Waals surface area contributed by atoms with Crippen LogP contribution in [0.5, 0.6) is 0 Å². The standard InChI is InChI=1S/C14H16N2O4/c1-3-4-9(2)8-15-12-6-5-10(16(19)20)7-11(12)13(17)14(15)18/h5-7,9H,3-4,8H2,1-2H3. The van der Waals surface area contributed by atoms with Crippen molar-refractivity contribution in [2.45, 2.75) is 26.7 Å². The van der Waals surface area contributed by atoms with Crippen LogP contribution in [0, 0.1) is 16.0 Å². The Morgan fingerprint density at radius 3 is 2.65 bits per heavy atom. The minimum Gasteiger partial charge on any atom is -0.304 e. The lowest BCUT2D eigenvalue weighted by atomic mass is 10.1. The number of ketones is 1. The molecule has 1 unspecified atom stereocenters. The molecule has 0 aromatic heterocycles. The molecule has 0 N–H and O–H groups in total. The largest absolute Gasteiger partial charge is 0.304 e. The number of anilines is 1. The minimum atomic E-state index is -0.660. The maximum absolute atomic E-state index is 12.0. The van der Waals surface area contributed by atoms with Gasteiger partial charge in [0.1, 0.15) is 0 Å². The summed E-state index contributed by atoms with van der Waals surface area (Å²) >= 11 is 0. The van der Waals surface area contributed by atoms with Gasteiger partial charge < -0.3 is 4.90 Å². The fraction of sp³-hybridized carbons (Fsp3) is 0.429. The molecule has 0 aliphatic carbocycles. The Morgan fingerprint density at radius 1 is 1.35 bits per heavy atom. The fourth-order valence-corrected chi connectivity index (χ4v) is 2.48. The molecule has 1 atom stereocenters. The molecule has 0 bridgehead atoms. The summed E-state index contributed by atoms with van der Waals surface area (Å²) in [5.74, 6) is -0.978.